The van der Waals surface area contributed by atoms with Crippen molar-refractivity contribution in [2.45, 2.75) is 32.5 Å². The van der Waals surface area contributed by atoms with Gasteiger partial charge in [-0.1, -0.05) is 13.8 Å². The molecule has 0 bridgehead atoms. The molecule has 1 unspecified atom stereocenters. The van der Waals surface area contributed by atoms with Gasteiger partial charge >= 0.3 is 6.18 Å². The Morgan fingerprint density at radius 2 is 1.80 bits per heavy atom. The molecule has 0 saturated heterocycles. The molecule has 0 aliphatic rings. The number of alkyl halides is 4. The van der Waals surface area contributed by atoms with Crippen molar-refractivity contribution in [1.82, 2.24) is 5.32 Å². The molecule has 0 saturated carbocycles. The van der Waals surface area contributed by atoms with Crippen molar-refractivity contribution in [3.05, 3.63) is 35.4 Å². The number of benzene rings is 1. The largest absolute Gasteiger partial charge is 0.416 e. The van der Waals surface area contributed by atoms with Gasteiger partial charge in [-0.05, 0) is 36.6 Å². The molecule has 1 atom stereocenters. The molecule has 1 N–H and O–H groups in total. The zero-order chi connectivity index (χ0) is 15.3. The minimum atomic E-state index is -4.39. The number of carbonyl (C=O) groups excluding carboxylic acids is 1. The molecule has 0 aliphatic heterocycles. The van der Waals surface area contributed by atoms with Crippen LogP contribution in [-0.4, -0.2) is 17.8 Å². The third-order valence-electron chi connectivity index (χ3n) is 3.02. The van der Waals surface area contributed by atoms with Crippen LogP contribution in [0.15, 0.2) is 24.3 Å². The highest BCUT2D eigenvalue weighted by atomic mass is 35.5. The number of amides is 1. The maximum absolute atomic E-state index is 12.4. The van der Waals surface area contributed by atoms with Gasteiger partial charge in [0.05, 0.1) is 5.56 Å². The molecular formula is C14H17ClF3NO. The maximum atomic E-state index is 12.4. The second kappa shape index (κ2) is 6.97. The second-order valence-corrected chi connectivity index (χ2v) is 5.25. The summed E-state index contributed by atoms with van der Waals surface area (Å²) in [4.78, 5) is 12.0. The summed E-state index contributed by atoms with van der Waals surface area (Å²) in [6.07, 6.45) is -3.78. The molecule has 20 heavy (non-hydrogen) atoms. The van der Waals surface area contributed by atoms with Crippen LogP contribution in [-0.2, 0) is 6.18 Å². The van der Waals surface area contributed by atoms with Crippen molar-refractivity contribution in [1.29, 1.82) is 0 Å². The summed E-state index contributed by atoms with van der Waals surface area (Å²) in [6.45, 7) is 3.90. The fraction of sp³-hybridized carbons (Fsp3) is 0.500. The van der Waals surface area contributed by atoms with Crippen LogP contribution in [0.3, 0.4) is 0 Å². The van der Waals surface area contributed by atoms with E-state index in [0.717, 1.165) is 12.1 Å². The van der Waals surface area contributed by atoms with Crippen molar-refractivity contribution >= 4 is 17.5 Å². The van der Waals surface area contributed by atoms with E-state index in [4.69, 9.17) is 11.6 Å². The maximum Gasteiger partial charge on any atom is 0.416 e. The highest BCUT2D eigenvalue weighted by molar-refractivity contribution is 6.17. The Hall–Kier alpha value is -1.23. The van der Waals surface area contributed by atoms with Crippen LogP contribution >= 0.6 is 11.6 Å². The number of halogens is 4. The molecule has 1 aromatic carbocycles. The van der Waals surface area contributed by atoms with Gasteiger partial charge in [0.1, 0.15) is 0 Å². The number of hydrogen-bond acceptors (Lipinski definition) is 1. The number of rotatable bonds is 5. The minimum absolute atomic E-state index is 0.0951. The van der Waals surface area contributed by atoms with E-state index in [1.165, 1.54) is 12.1 Å². The van der Waals surface area contributed by atoms with Crippen molar-refractivity contribution in [2.24, 2.45) is 5.92 Å². The molecule has 6 heteroatoms. The summed E-state index contributed by atoms with van der Waals surface area (Å²) in [5.74, 6) is 0.227. The lowest BCUT2D eigenvalue weighted by Gasteiger charge is -2.21. The topological polar surface area (TPSA) is 29.1 Å². The second-order valence-electron chi connectivity index (χ2n) is 4.88. The fourth-order valence-electron chi connectivity index (χ4n) is 1.75. The summed E-state index contributed by atoms with van der Waals surface area (Å²) in [5, 5.41) is 2.79. The van der Waals surface area contributed by atoms with Crippen molar-refractivity contribution < 1.29 is 18.0 Å². The summed E-state index contributed by atoms with van der Waals surface area (Å²) in [7, 11) is 0. The quantitative estimate of drug-likeness (QED) is 0.816. The predicted molar refractivity (Wildman–Crippen MR) is 72.9 cm³/mol. The van der Waals surface area contributed by atoms with Crippen LogP contribution < -0.4 is 5.32 Å². The van der Waals surface area contributed by atoms with Crippen LogP contribution in [0.1, 0.15) is 36.2 Å². The monoisotopic (exact) mass is 307 g/mol. The Bertz CT molecular complexity index is 443. The lowest BCUT2D eigenvalue weighted by atomic mass is 10.0. The van der Waals surface area contributed by atoms with Crippen LogP contribution in [0.4, 0.5) is 13.2 Å². The SMILES string of the molecule is CC(C)C(CCCl)NC(=O)c1ccc(C(F)(F)F)cc1. The Morgan fingerprint density at radius 1 is 1.25 bits per heavy atom. The number of hydrogen-bond donors (Lipinski definition) is 1. The van der Waals surface area contributed by atoms with Crippen molar-refractivity contribution in [3.63, 3.8) is 0 Å². The van der Waals surface area contributed by atoms with Gasteiger partial charge in [-0.25, -0.2) is 0 Å². The third kappa shape index (κ3) is 4.71. The molecule has 1 rings (SSSR count). The van der Waals surface area contributed by atoms with E-state index in [9.17, 15) is 18.0 Å². The predicted octanol–water partition coefficient (Wildman–Crippen LogP) is 4.09. The van der Waals surface area contributed by atoms with Gasteiger partial charge in [0.25, 0.3) is 5.91 Å². The zero-order valence-electron chi connectivity index (χ0n) is 11.3. The van der Waals surface area contributed by atoms with E-state index >= 15 is 0 Å². The summed E-state index contributed by atoms with van der Waals surface area (Å²) in [5.41, 5.74) is -0.562. The van der Waals surface area contributed by atoms with Gasteiger partial charge in [-0.15, -0.1) is 11.6 Å². The van der Waals surface area contributed by atoms with E-state index in [1.807, 2.05) is 13.8 Å². The molecule has 0 radical (unpaired) electrons. The molecule has 2 nitrogen and oxygen atoms in total. The first-order valence-electron chi connectivity index (χ1n) is 6.29. The summed E-state index contributed by atoms with van der Waals surface area (Å²) >= 11 is 5.66. The van der Waals surface area contributed by atoms with Gasteiger partial charge in [0, 0.05) is 17.5 Å². The van der Waals surface area contributed by atoms with Crippen LogP contribution in [0.2, 0.25) is 0 Å². The molecule has 112 valence electrons. The first kappa shape index (κ1) is 16.8. The molecular weight excluding hydrogens is 291 g/mol. The molecule has 0 heterocycles. The average Bonchev–Trinajstić information content (AvgIpc) is 2.37. The lowest BCUT2D eigenvalue weighted by Crippen LogP contribution is -2.38. The standard InChI is InChI=1S/C14H17ClF3NO/c1-9(2)12(7-8-15)19-13(20)10-3-5-11(6-4-10)14(16,17)18/h3-6,9,12H,7-8H2,1-2H3,(H,19,20). The first-order valence-corrected chi connectivity index (χ1v) is 6.83. The molecule has 0 fully saturated rings. The first-order chi connectivity index (χ1) is 9.25. The smallest absolute Gasteiger partial charge is 0.349 e. The van der Waals surface area contributed by atoms with E-state index in [0.29, 0.717) is 12.3 Å². The molecule has 1 amide bonds. The van der Waals surface area contributed by atoms with E-state index in [2.05, 4.69) is 5.32 Å². The van der Waals surface area contributed by atoms with Gasteiger partial charge in [0.15, 0.2) is 0 Å². The van der Waals surface area contributed by atoms with Crippen LogP contribution in [0, 0.1) is 5.92 Å². The molecule has 0 aliphatic carbocycles. The minimum Gasteiger partial charge on any atom is -0.349 e. The van der Waals surface area contributed by atoms with Crippen molar-refractivity contribution in [3.8, 4) is 0 Å². The Balaban J connectivity index is 2.77. The van der Waals surface area contributed by atoms with Crippen molar-refractivity contribution in [2.75, 3.05) is 5.88 Å². The van der Waals surface area contributed by atoms with Crippen LogP contribution in [0.5, 0.6) is 0 Å². The third-order valence-corrected chi connectivity index (χ3v) is 3.23. The van der Waals surface area contributed by atoms with Gasteiger partial charge in [-0.2, -0.15) is 13.2 Å². The van der Waals surface area contributed by atoms with Gasteiger partial charge in [0.2, 0.25) is 0 Å². The Labute approximate surface area is 121 Å². The average molecular weight is 308 g/mol. The Morgan fingerprint density at radius 3 is 2.20 bits per heavy atom. The number of nitrogens with one attached hydrogen (secondary N) is 1. The van der Waals surface area contributed by atoms with Gasteiger partial charge < -0.3 is 5.32 Å². The van der Waals surface area contributed by atoms with Gasteiger partial charge in [-0.3, -0.25) is 4.79 Å². The highest BCUT2D eigenvalue weighted by Gasteiger charge is 2.30. The summed E-state index contributed by atoms with van der Waals surface area (Å²) in [6, 6.07) is 4.07. The molecule has 0 spiro atoms. The van der Waals surface area contributed by atoms with E-state index in [-0.39, 0.29) is 23.4 Å². The van der Waals surface area contributed by atoms with Crippen LogP contribution in [0.25, 0.3) is 0 Å². The zero-order valence-corrected chi connectivity index (χ0v) is 12.1. The number of carbonyl (C=O) groups is 1. The fourth-order valence-corrected chi connectivity index (χ4v) is 1.99. The lowest BCUT2D eigenvalue weighted by molar-refractivity contribution is -0.137. The van der Waals surface area contributed by atoms with E-state index in [1.54, 1.807) is 0 Å². The highest BCUT2D eigenvalue weighted by Crippen LogP contribution is 2.29. The van der Waals surface area contributed by atoms with E-state index < -0.39 is 11.7 Å². The molecule has 0 aromatic heterocycles. The summed E-state index contributed by atoms with van der Waals surface area (Å²) < 4.78 is 37.3. The Kier molecular flexibility index (Phi) is 5.87. The molecule has 1 aromatic rings. The normalized spacial score (nSPS) is 13.3.